The van der Waals surface area contributed by atoms with Gasteiger partial charge < -0.3 is 9.88 Å². The van der Waals surface area contributed by atoms with Crippen LogP contribution < -0.4 is 5.32 Å². The Morgan fingerprint density at radius 1 is 1.13 bits per heavy atom. The number of fused-ring (bicyclic) bond motifs is 1. The van der Waals surface area contributed by atoms with Gasteiger partial charge in [-0.2, -0.15) is 9.61 Å². The molecule has 0 aliphatic rings. The zero-order chi connectivity index (χ0) is 16.4. The lowest BCUT2D eigenvalue weighted by Crippen LogP contribution is -2.15. The van der Waals surface area contributed by atoms with Crippen molar-refractivity contribution in [3.05, 3.63) is 30.2 Å². The van der Waals surface area contributed by atoms with E-state index in [2.05, 4.69) is 63.1 Å². The number of aromatic nitrogens is 7. The van der Waals surface area contributed by atoms with Gasteiger partial charge in [0.2, 0.25) is 5.65 Å². The van der Waals surface area contributed by atoms with Crippen LogP contribution in [0.1, 0.15) is 57.6 Å². The molecule has 8 heteroatoms. The van der Waals surface area contributed by atoms with Gasteiger partial charge in [0.1, 0.15) is 12.7 Å². The Morgan fingerprint density at radius 3 is 2.65 bits per heavy atom. The van der Waals surface area contributed by atoms with E-state index in [-0.39, 0.29) is 6.04 Å². The Bertz CT molecular complexity index is 788. The summed E-state index contributed by atoms with van der Waals surface area (Å²) in [5.41, 5.74) is 2.60. The maximum atomic E-state index is 4.53. The lowest BCUT2D eigenvalue weighted by Gasteiger charge is -2.17. The van der Waals surface area contributed by atoms with Gasteiger partial charge in [0, 0.05) is 6.54 Å². The van der Waals surface area contributed by atoms with E-state index in [9.17, 15) is 0 Å². The number of hydrogen-bond acceptors (Lipinski definition) is 6. The Balaban J connectivity index is 1.94. The summed E-state index contributed by atoms with van der Waals surface area (Å²) in [5.74, 6) is 1.23. The van der Waals surface area contributed by atoms with E-state index in [1.54, 1.807) is 17.2 Å². The van der Waals surface area contributed by atoms with E-state index in [4.69, 9.17) is 0 Å². The van der Waals surface area contributed by atoms with Crippen molar-refractivity contribution >= 4 is 11.3 Å². The van der Waals surface area contributed by atoms with Crippen LogP contribution >= 0.6 is 0 Å². The first-order valence-electron chi connectivity index (χ1n) is 7.95. The van der Waals surface area contributed by atoms with Crippen LogP contribution in [0, 0.1) is 0 Å². The molecular weight excluding hydrogens is 292 g/mol. The van der Waals surface area contributed by atoms with Crippen LogP contribution in [0.25, 0.3) is 5.65 Å². The second-order valence-corrected chi connectivity index (χ2v) is 5.99. The molecule has 0 aliphatic heterocycles. The number of anilines is 1. The number of nitrogens with zero attached hydrogens (tertiary/aromatic N) is 7. The van der Waals surface area contributed by atoms with Gasteiger partial charge in [-0.05, 0) is 25.3 Å². The zero-order valence-electron chi connectivity index (χ0n) is 13.9. The van der Waals surface area contributed by atoms with E-state index in [0.29, 0.717) is 11.6 Å². The average molecular weight is 314 g/mol. The van der Waals surface area contributed by atoms with Crippen LogP contribution in [0.3, 0.4) is 0 Å². The van der Waals surface area contributed by atoms with Crippen molar-refractivity contribution in [2.24, 2.45) is 0 Å². The first-order valence-corrected chi connectivity index (χ1v) is 7.95. The third kappa shape index (κ3) is 3.01. The second kappa shape index (κ2) is 6.31. The molecule has 0 saturated heterocycles. The Hall–Kier alpha value is -2.51. The predicted molar refractivity (Wildman–Crippen MR) is 87.2 cm³/mol. The molecule has 3 aromatic rings. The first-order chi connectivity index (χ1) is 11.1. The molecule has 1 N–H and O–H groups in total. The molecule has 0 radical (unpaired) electrons. The van der Waals surface area contributed by atoms with Crippen LogP contribution in [0.15, 0.2) is 18.7 Å². The van der Waals surface area contributed by atoms with Gasteiger partial charge in [-0.15, -0.1) is 20.4 Å². The quantitative estimate of drug-likeness (QED) is 0.752. The van der Waals surface area contributed by atoms with Gasteiger partial charge in [-0.25, -0.2) is 0 Å². The van der Waals surface area contributed by atoms with E-state index in [1.165, 1.54) is 0 Å². The summed E-state index contributed by atoms with van der Waals surface area (Å²) in [5, 5.41) is 24.4. The molecule has 0 amide bonds. The summed E-state index contributed by atoms with van der Waals surface area (Å²) in [4.78, 5) is 0. The van der Waals surface area contributed by atoms with Crippen molar-refractivity contribution in [3.8, 4) is 0 Å². The molecule has 0 saturated carbocycles. The zero-order valence-corrected chi connectivity index (χ0v) is 13.9. The maximum absolute atomic E-state index is 4.53. The first kappa shape index (κ1) is 15.4. The third-order valence-corrected chi connectivity index (χ3v) is 3.75. The van der Waals surface area contributed by atoms with Gasteiger partial charge in [0.15, 0.2) is 5.82 Å². The Morgan fingerprint density at radius 2 is 1.91 bits per heavy atom. The van der Waals surface area contributed by atoms with E-state index >= 15 is 0 Å². The van der Waals surface area contributed by atoms with Crippen molar-refractivity contribution in [2.75, 3.05) is 5.32 Å². The minimum Gasteiger partial charge on any atom is -0.372 e. The largest absolute Gasteiger partial charge is 0.372 e. The molecule has 1 unspecified atom stereocenters. The summed E-state index contributed by atoms with van der Waals surface area (Å²) in [7, 11) is 0. The van der Waals surface area contributed by atoms with Crippen LogP contribution in [0.4, 0.5) is 5.69 Å². The minimum absolute atomic E-state index is 0.00645. The standard InChI is InChI=1S/C15H22N8/c1-5-6-22-8-16-19-14(22)11(4)18-13-7-12(10(2)3)21-23-9-17-20-15(13)23/h7-11,18H,5-6H2,1-4H3. The summed E-state index contributed by atoms with van der Waals surface area (Å²) in [6.45, 7) is 9.34. The lowest BCUT2D eigenvalue weighted by atomic mass is 10.1. The number of aryl methyl sites for hydroxylation is 1. The highest BCUT2D eigenvalue weighted by Crippen LogP contribution is 2.24. The van der Waals surface area contributed by atoms with Crippen molar-refractivity contribution in [2.45, 2.75) is 52.6 Å². The van der Waals surface area contributed by atoms with Crippen LogP contribution in [-0.4, -0.2) is 34.6 Å². The summed E-state index contributed by atoms with van der Waals surface area (Å²) < 4.78 is 3.78. The molecule has 23 heavy (non-hydrogen) atoms. The molecule has 0 bridgehead atoms. The van der Waals surface area contributed by atoms with E-state index in [0.717, 1.165) is 30.2 Å². The summed E-state index contributed by atoms with van der Waals surface area (Å²) in [6, 6.07) is 2.04. The van der Waals surface area contributed by atoms with Gasteiger partial charge in [-0.1, -0.05) is 20.8 Å². The van der Waals surface area contributed by atoms with Gasteiger partial charge in [0.05, 0.1) is 17.4 Å². The van der Waals surface area contributed by atoms with Crippen LogP contribution in [-0.2, 0) is 6.54 Å². The molecule has 0 aliphatic carbocycles. The highest BCUT2D eigenvalue weighted by atomic mass is 15.4. The molecule has 122 valence electrons. The topological polar surface area (TPSA) is 85.8 Å². The molecule has 0 spiro atoms. The highest BCUT2D eigenvalue weighted by Gasteiger charge is 2.16. The Labute approximate surface area is 134 Å². The van der Waals surface area contributed by atoms with Crippen LogP contribution in [0.5, 0.6) is 0 Å². The number of rotatable bonds is 6. The van der Waals surface area contributed by atoms with Crippen molar-refractivity contribution in [1.29, 1.82) is 0 Å². The normalized spacial score (nSPS) is 12.9. The van der Waals surface area contributed by atoms with Gasteiger partial charge in [-0.3, -0.25) is 0 Å². The van der Waals surface area contributed by atoms with Crippen molar-refractivity contribution in [3.63, 3.8) is 0 Å². The van der Waals surface area contributed by atoms with E-state index < -0.39 is 0 Å². The van der Waals surface area contributed by atoms with E-state index in [1.807, 2.05) is 6.07 Å². The molecule has 3 rings (SSSR count). The molecule has 3 aromatic heterocycles. The Kier molecular flexibility index (Phi) is 4.22. The average Bonchev–Trinajstić information content (AvgIpc) is 3.16. The van der Waals surface area contributed by atoms with Gasteiger partial charge >= 0.3 is 0 Å². The molecular formula is C15H22N8. The number of hydrogen-bond donors (Lipinski definition) is 1. The fourth-order valence-electron chi connectivity index (χ4n) is 2.54. The van der Waals surface area contributed by atoms with Gasteiger partial charge in [0.25, 0.3) is 0 Å². The molecule has 8 nitrogen and oxygen atoms in total. The SMILES string of the molecule is CCCn1cnnc1C(C)Nc1cc(C(C)C)nn2cnnc12. The third-order valence-electron chi connectivity index (χ3n) is 3.75. The predicted octanol–water partition coefficient (Wildman–Crippen LogP) is 2.42. The van der Waals surface area contributed by atoms with Crippen molar-refractivity contribution < 1.29 is 0 Å². The summed E-state index contributed by atoms with van der Waals surface area (Å²) in [6.07, 6.45) is 4.44. The van der Waals surface area contributed by atoms with Crippen LogP contribution in [0.2, 0.25) is 0 Å². The second-order valence-electron chi connectivity index (χ2n) is 5.99. The fourth-order valence-corrected chi connectivity index (χ4v) is 2.54. The highest BCUT2D eigenvalue weighted by molar-refractivity contribution is 5.67. The monoisotopic (exact) mass is 314 g/mol. The van der Waals surface area contributed by atoms with Crippen molar-refractivity contribution in [1.82, 2.24) is 34.6 Å². The molecule has 0 fully saturated rings. The number of nitrogens with one attached hydrogen (secondary N) is 1. The maximum Gasteiger partial charge on any atom is 0.200 e. The minimum atomic E-state index is 0.00645. The molecule has 1 atom stereocenters. The molecule has 3 heterocycles. The lowest BCUT2D eigenvalue weighted by molar-refractivity contribution is 0.614. The summed E-state index contributed by atoms with van der Waals surface area (Å²) >= 11 is 0. The fraction of sp³-hybridized carbons (Fsp3) is 0.533. The molecule has 0 aromatic carbocycles. The smallest absolute Gasteiger partial charge is 0.200 e.